The number of piperidine rings is 1. The molecule has 3 amide bonds. The lowest BCUT2D eigenvalue weighted by atomic mass is 9.78. The second-order valence-electron chi connectivity index (χ2n) is 12.7. The summed E-state index contributed by atoms with van der Waals surface area (Å²) in [4.78, 5) is 43.8. The van der Waals surface area contributed by atoms with Crippen molar-refractivity contribution in [1.82, 2.24) is 20.4 Å². The minimum absolute atomic E-state index is 0.0605. The smallest absolute Gasteiger partial charge is 0.251 e. The van der Waals surface area contributed by atoms with E-state index < -0.39 is 17.7 Å². The Morgan fingerprint density at radius 2 is 1.78 bits per heavy atom. The van der Waals surface area contributed by atoms with Gasteiger partial charge in [-0.2, -0.15) is 0 Å². The van der Waals surface area contributed by atoms with Crippen LogP contribution in [0.3, 0.4) is 0 Å². The van der Waals surface area contributed by atoms with Crippen LogP contribution in [0, 0.1) is 5.92 Å². The van der Waals surface area contributed by atoms with Crippen LogP contribution < -0.4 is 20.1 Å². The van der Waals surface area contributed by atoms with Crippen LogP contribution in [0.2, 0.25) is 0 Å². The van der Waals surface area contributed by atoms with Gasteiger partial charge in [0.2, 0.25) is 11.8 Å². The fourth-order valence-electron chi connectivity index (χ4n) is 7.12. The maximum absolute atomic E-state index is 13.9. The molecule has 10 heteroatoms. The molecule has 3 aliphatic rings. The van der Waals surface area contributed by atoms with E-state index in [9.17, 15) is 19.5 Å². The van der Waals surface area contributed by atoms with Gasteiger partial charge in [0, 0.05) is 38.8 Å². The van der Waals surface area contributed by atoms with E-state index in [1.807, 2.05) is 29.2 Å². The molecule has 244 valence electrons. The summed E-state index contributed by atoms with van der Waals surface area (Å²) in [7, 11) is 3.12. The number of nitrogens with zero attached hydrogens (tertiary/aromatic N) is 2. The highest BCUT2D eigenvalue weighted by Crippen LogP contribution is 2.37. The molecule has 1 saturated carbocycles. The summed E-state index contributed by atoms with van der Waals surface area (Å²) in [6.07, 6.45) is 7.15. The highest BCUT2D eigenvalue weighted by molar-refractivity contribution is 6.00. The monoisotopic (exact) mass is 620 g/mol. The lowest BCUT2D eigenvalue weighted by Crippen LogP contribution is -2.75. The van der Waals surface area contributed by atoms with Crippen molar-refractivity contribution in [2.75, 3.05) is 33.8 Å². The standard InChI is InChI=1S/C35H48N4O6/c1-4-5-19-39-33(42)30(31(40)25-9-7-6-8-10-25)37-34(43)35(39)17-20-38(21-18-35)23-24-11-14-27(15-12-24)45-28-16-13-26(32(41)36-2)22-29(28)44-3/h11-16,22,25,30-31,40H,4-10,17-21,23H2,1-3H3,(H,36,41)(H,37,43)/t30-,31?/m1/s1. The molecule has 1 spiro atoms. The maximum atomic E-state index is 13.9. The fraction of sp³-hybridized carbons (Fsp3) is 0.571. The number of ether oxygens (including phenoxy) is 2. The number of aliphatic hydroxyl groups is 1. The van der Waals surface area contributed by atoms with Crippen molar-refractivity contribution in [3.05, 3.63) is 53.6 Å². The number of benzene rings is 2. The molecule has 3 fully saturated rings. The second kappa shape index (κ2) is 14.6. The SMILES string of the molecule is CCCCN1C(=O)[C@@H](C(O)C2CCCCC2)NC(=O)C12CCN(Cc1ccc(Oc3ccc(C(=O)NC)cc3OC)cc1)CC2. The Morgan fingerprint density at radius 1 is 1.07 bits per heavy atom. The molecule has 3 N–H and O–H groups in total. The Morgan fingerprint density at radius 3 is 2.42 bits per heavy atom. The highest BCUT2D eigenvalue weighted by Gasteiger charge is 2.55. The molecule has 10 nitrogen and oxygen atoms in total. The largest absolute Gasteiger partial charge is 0.493 e. The summed E-state index contributed by atoms with van der Waals surface area (Å²) in [5.41, 5.74) is 0.735. The van der Waals surface area contributed by atoms with Crippen LogP contribution in [0.15, 0.2) is 42.5 Å². The maximum Gasteiger partial charge on any atom is 0.251 e. The first-order chi connectivity index (χ1) is 21.8. The molecule has 2 saturated heterocycles. The van der Waals surface area contributed by atoms with Crippen molar-refractivity contribution in [1.29, 1.82) is 0 Å². The predicted molar refractivity (Wildman–Crippen MR) is 171 cm³/mol. The number of unbranched alkanes of at least 4 members (excludes halogenated alkanes) is 1. The topological polar surface area (TPSA) is 120 Å². The first-order valence-electron chi connectivity index (χ1n) is 16.5. The van der Waals surface area contributed by atoms with E-state index in [0.29, 0.717) is 61.8 Å². The molecule has 45 heavy (non-hydrogen) atoms. The van der Waals surface area contributed by atoms with Crippen molar-refractivity contribution in [3.63, 3.8) is 0 Å². The molecule has 1 aliphatic carbocycles. The summed E-state index contributed by atoms with van der Waals surface area (Å²) in [5, 5.41) is 16.8. The van der Waals surface area contributed by atoms with E-state index in [2.05, 4.69) is 22.5 Å². The number of rotatable bonds is 11. The van der Waals surface area contributed by atoms with Gasteiger partial charge >= 0.3 is 0 Å². The zero-order valence-corrected chi connectivity index (χ0v) is 26.8. The van der Waals surface area contributed by atoms with Crippen molar-refractivity contribution in [2.45, 2.75) is 88.9 Å². The molecular weight excluding hydrogens is 572 g/mol. The molecule has 1 unspecified atom stereocenters. The minimum Gasteiger partial charge on any atom is -0.493 e. The normalized spacial score (nSPS) is 21.3. The predicted octanol–water partition coefficient (Wildman–Crippen LogP) is 4.25. The fourth-order valence-corrected chi connectivity index (χ4v) is 7.12. The molecule has 2 aromatic rings. The number of likely N-dealkylation sites (tertiary alicyclic amines) is 1. The molecule has 2 aromatic carbocycles. The van der Waals surface area contributed by atoms with Crippen LogP contribution in [0.25, 0.3) is 0 Å². The zero-order valence-electron chi connectivity index (χ0n) is 26.8. The Bertz CT molecular complexity index is 1330. The van der Waals surface area contributed by atoms with Crippen LogP contribution in [0.5, 0.6) is 17.2 Å². The van der Waals surface area contributed by atoms with Crippen LogP contribution in [0.1, 0.15) is 80.6 Å². The number of aliphatic hydroxyl groups excluding tert-OH is 1. The van der Waals surface area contributed by atoms with E-state index in [1.54, 1.807) is 25.2 Å². The van der Waals surface area contributed by atoms with Gasteiger partial charge in [0.1, 0.15) is 17.3 Å². The highest BCUT2D eigenvalue weighted by atomic mass is 16.5. The summed E-state index contributed by atoms with van der Waals surface area (Å²) in [5.74, 6) is 1.26. The molecule has 0 aromatic heterocycles. The molecule has 2 aliphatic heterocycles. The minimum atomic E-state index is -0.865. The Hall–Kier alpha value is -3.63. The van der Waals surface area contributed by atoms with E-state index in [4.69, 9.17) is 9.47 Å². The molecule has 2 heterocycles. The Kier molecular flexibility index (Phi) is 10.7. The third-order valence-electron chi connectivity index (χ3n) is 9.86. The summed E-state index contributed by atoms with van der Waals surface area (Å²) < 4.78 is 11.5. The van der Waals surface area contributed by atoms with Crippen molar-refractivity contribution < 1.29 is 29.0 Å². The summed E-state index contributed by atoms with van der Waals surface area (Å²) >= 11 is 0. The Balaban J connectivity index is 1.21. The van der Waals surface area contributed by atoms with Crippen LogP contribution >= 0.6 is 0 Å². The first kappa shape index (κ1) is 32.8. The van der Waals surface area contributed by atoms with Crippen molar-refractivity contribution in [3.8, 4) is 17.2 Å². The summed E-state index contributed by atoms with van der Waals surface area (Å²) in [6.45, 7) is 4.72. The van der Waals surface area contributed by atoms with Gasteiger partial charge in [-0.15, -0.1) is 0 Å². The van der Waals surface area contributed by atoms with E-state index in [1.165, 1.54) is 13.5 Å². The quantitative estimate of drug-likeness (QED) is 0.344. The molecule has 2 atom stereocenters. The van der Waals surface area contributed by atoms with E-state index in [0.717, 1.165) is 44.1 Å². The van der Waals surface area contributed by atoms with Gasteiger partial charge in [0.05, 0.1) is 13.2 Å². The molecule has 0 radical (unpaired) electrons. The number of methoxy groups -OCH3 is 1. The van der Waals surface area contributed by atoms with Gasteiger partial charge in [-0.3, -0.25) is 19.3 Å². The van der Waals surface area contributed by atoms with Crippen LogP contribution in [0.4, 0.5) is 0 Å². The van der Waals surface area contributed by atoms with Gasteiger partial charge < -0.3 is 30.1 Å². The van der Waals surface area contributed by atoms with Gasteiger partial charge in [0.15, 0.2) is 11.5 Å². The van der Waals surface area contributed by atoms with Gasteiger partial charge in [-0.25, -0.2) is 0 Å². The zero-order chi connectivity index (χ0) is 32.0. The van der Waals surface area contributed by atoms with Gasteiger partial charge in [-0.05, 0) is 73.9 Å². The number of hydrogen-bond acceptors (Lipinski definition) is 7. The number of hydrogen-bond donors (Lipinski definition) is 3. The molecule has 5 rings (SSSR count). The number of carbonyl (C=O) groups is 3. The molecular formula is C35H48N4O6. The van der Waals surface area contributed by atoms with Gasteiger partial charge in [-0.1, -0.05) is 44.7 Å². The number of amides is 3. The van der Waals surface area contributed by atoms with Gasteiger partial charge in [0.25, 0.3) is 5.91 Å². The Labute approximate surface area is 266 Å². The van der Waals surface area contributed by atoms with E-state index in [-0.39, 0.29) is 23.6 Å². The van der Waals surface area contributed by atoms with Crippen molar-refractivity contribution >= 4 is 17.7 Å². The third-order valence-corrected chi connectivity index (χ3v) is 9.86. The molecule has 0 bridgehead atoms. The third kappa shape index (κ3) is 7.12. The van der Waals surface area contributed by atoms with E-state index >= 15 is 0 Å². The lowest BCUT2D eigenvalue weighted by Gasteiger charge is -2.52. The lowest BCUT2D eigenvalue weighted by molar-refractivity contribution is -0.166. The van der Waals surface area contributed by atoms with Crippen molar-refractivity contribution in [2.24, 2.45) is 5.92 Å². The van der Waals surface area contributed by atoms with Crippen LogP contribution in [-0.2, 0) is 16.1 Å². The average molecular weight is 621 g/mol. The van der Waals surface area contributed by atoms with Crippen LogP contribution in [-0.4, -0.2) is 84.1 Å². The first-order valence-corrected chi connectivity index (χ1v) is 16.5. The summed E-state index contributed by atoms with van der Waals surface area (Å²) in [6, 6.07) is 12.1. The average Bonchev–Trinajstić information content (AvgIpc) is 3.08. The number of carbonyl (C=O) groups excluding carboxylic acids is 3. The second-order valence-corrected chi connectivity index (χ2v) is 12.7. The number of piperazine rings is 1. The number of nitrogens with one attached hydrogen (secondary N) is 2.